The molecule has 0 radical (unpaired) electrons. The number of H-pyrrole nitrogens is 1. The second kappa shape index (κ2) is 8.03. The number of likely N-dealkylation sites (tertiary alicyclic amines) is 1. The van der Waals surface area contributed by atoms with E-state index >= 15 is 0 Å². The van der Waals surface area contributed by atoms with Gasteiger partial charge in [0, 0.05) is 43.2 Å². The number of carbonyl (C=O) groups excluding carboxylic acids is 3. The molecule has 2 heterocycles. The fraction of sp³-hybridized carbons (Fsp3) is 0.421. The monoisotopic (exact) mass is 356 g/mol. The second-order valence-electron chi connectivity index (χ2n) is 6.63. The Bertz CT molecular complexity index is 814. The van der Waals surface area contributed by atoms with Crippen LogP contribution in [0.25, 0.3) is 10.9 Å². The second-order valence-corrected chi connectivity index (χ2v) is 6.63. The van der Waals surface area contributed by atoms with E-state index in [4.69, 9.17) is 5.73 Å². The molecule has 1 fully saturated rings. The maximum Gasteiger partial charge on any atom is 0.235 e. The number of benzene rings is 1. The van der Waals surface area contributed by atoms with Crippen molar-refractivity contribution in [2.45, 2.75) is 25.7 Å². The molecule has 0 bridgehead atoms. The van der Waals surface area contributed by atoms with Crippen LogP contribution >= 0.6 is 0 Å². The van der Waals surface area contributed by atoms with Gasteiger partial charge in [-0.15, -0.1) is 0 Å². The highest BCUT2D eigenvalue weighted by Gasteiger charge is 2.34. The molecule has 0 saturated carbocycles. The molecular formula is C19H24N4O3. The van der Waals surface area contributed by atoms with E-state index in [0.717, 1.165) is 16.5 Å². The Morgan fingerprint density at radius 2 is 2.12 bits per heavy atom. The minimum Gasteiger partial charge on any atom is -0.369 e. The molecule has 138 valence electrons. The zero-order valence-corrected chi connectivity index (χ0v) is 14.7. The molecule has 1 aliphatic heterocycles. The summed E-state index contributed by atoms with van der Waals surface area (Å²) in [5, 5.41) is 4.04. The van der Waals surface area contributed by atoms with Crippen LogP contribution in [0, 0.1) is 5.92 Å². The van der Waals surface area contributed by atoms with Gasteiger partial charge in [-0.3, -0.25) is 14.4 Å². The van der Waals surface area contributed by atoms with Gasteiger partial charge in [0.1, 0.15) is 5.92 Å². The van der Waals surface area contributed by atoms with Crippen LogP contribution in [0.4, 0.5) is 0 Å². The van der Waals surface area contributed by atoms with Crippen molar-refractivity contribution in [2.24, 2.45) is 11.7 Å². The summed E-state index contributed by atoms with van der Waals surface area (Å²) in [6.45, 7) is 1.60. The van der Waals surface area contributed by atoms with Crippen molar-refractivity contribution in [1.29, 1.82) is 0 Å². The van der Waals surface area contributed by atoms with E-state index in [9.17, 15) is 14.4 Å². The molecule has 1 aromatic carbocycles. The number of carbonyl (C=O) groups is 3. The van der Waals surface area contributed by atoms with Crippen LogP contribution in [-0.2, 0) is 20.8 Å². The Labute approximate surface area is 151 Å². The molecule has 1 saturated heterocycles. The number of nitrogens with zero attached hydrogens (tertiary/aromatic N) is 1. The normalized spacial score (nSPS) is 17.0. The zero-order chi connectivity index (χ0) is 18.5. The molecular weight excluding hydrogens is 332 g/mol. The number of aromatic amines is 1. The van der Waals surface area contributed by atoms with Gasteiger partial charge >= 0.3 is 0 Å². The number of rotatable bonds is 8. The first-order valence-electron chi connectivity index (χ1n) is 8.96. The van der Waals surface area contributed by atoms with Crippen molar-refractivity contribution < 1.29 is 14.4 Å². The molecule has 1 aromatic heterocycles. The van der Waals surface area contributed by atoms with E-state index in [0.29, 0.717) is 45.3 Å². The molecule has 26 heavy (non-hydrogen) atoms. The summed E-state index contributed by atoms with van der Waals surface area (Å²) in [5.74, 6) is -1.43. The first-order chi connectivity index (χ1) is 12.6. The van der Waals surface area contributed by atoms with E-state index in [1.54, 1.807) is 4.90 Å². The molecule has 1 unspecified atom stereocenters. The van der Waals surface area contributed by atoms with Crippen LogP contribution in [0.1, 0.15) is 24.8 Å². The number of amides is 3. The number of hydrogen-bond acceptors (Lipinski definition) is 3. The van der Waals surface area contributed by atoms with Crippen LogP contribution in [0.3, 0.4) is 0 Å². The Kier molecular flexibility index (Phi) is 5.55. The fourth-order valence-corrected chi connectivity index (χ4v) is 3.40. The van der Waals surface area contributed by atoms with Gasteiger partial charge in [0.2, 0.25) is 17.7 Å². The third-order valence-corrected chi connectivity index (χ3v) is 4.86. The van der Waals surface area contributed by atoms with Crippen LogP contribution in [0.15, 0.2) is 30.5 Å². The molecule has 1 atom stereocenters. The van der Waals surface area contributed by atoms with Crippen molar-refractivity contribution in [2.75, 3.05) is 19.6 Å². The van der Waals surface area contributed by atoms with Gasteiger partial charge in [0.15, 0.2) is 0 Å². The minimum atomic E-state index is -0.680. The van der Waals surface area contributed by atoms with Crippen LogP contribution < -0.4 is 11.1 Å². The van der Waals surface area contributed by atoms with Gasteiger partial charge in [-0.25, -0.2) is 0 Å². The summed E-state index contributed by atoms with van der Waals surface area (Å²) >= 11 is 0. The highest BCUT2D eigenvalue weighted by Crippen LogP contribution is 2.19. The highest BCUT2D eigenvalue weighted by atomic mass is 16.2. The van der Waals surface area contributed by atoms with Gasteiger partial charge < -0.3 is 20.9 Å². The lowest BCUT2D eigenvalue weighted by Gasteiger charge is -2.16. The van der Waals surface area contributed by atoms with E-state index in [2.05, 4.69) is 10.3 Å². The summed E-state index contributed by atoms with van der Waals surface area (Å²) in [7, 11) is 0. The van der Waals surface area contributed by atoms with Crippen molar-refractivity contribution in [1.82, 2.24) is 15.2 Å². The predicted molar refractivity (Wildman–Crippen MR) is 98.1 cm³/mol. The summed E-state index contributed by atoms with van der Waals surface area (Å²) in [5.41, 5.74) is 7.42. The predicted octanol–water partition coefficient (Wildman–Crippen LogP) is 0.941. The lowest BCUT2D eigenvalue weighted by molar-refractivity contribution is -0.136. The smallest absolute Gasteiger partial charge is 0.235 e. The summed E-state index contributed by atoms with van der Waals surface area (Å²) in [6, 6.07) is 8.03. The maximum atomic E-state index is 12.0. The van der Waals surface area contributed by atoms with Gasteiger partial charge in [-0.1, -0.05) is 18.2 Å². The number of para-hydroxylation sites is 1. The molecule has 0 spiro atoms. The number of nitrogens with one attached hydrogen (secondary N) is 2. The lowest BCUT2D eigenvalue weighted by Crippen LogP contribution is -2.35. The zero-order valence-electron chi connectivity index (χ0n) is 14.7. The van der Waals surface area contributed by atoms with Gasteiger partial charge in [0.05, 0.1) is 0 Å². The molecule has 2 aromatic rings. The molecule has 1 aliphatic rings. The topological polar surface area (TPSA) is 108 Å². The molecule has 7 nitrogen and oxygen atoms in total. The third kappa shape index (κ3) is 4.04. The molecule has 3 rings (SSSR count). The van der Waals surface area contributed by atoms with Crippen LogP contribution in [-0.4, -0.2) is 47.2 Å². The van der Waals surface area contributed by atoms with Crippen molar-refractivity contribution in [3.63, 3.8) is 0 Å². The number of fused-ring (bicyclic) bond motifs is 1. The standard InChI is InChI=1S/C19H24N4O3/c20-18(25)15-8-11-23(19(15)26)10-3-9-21-17(24)7-6-13-12-22-16-5-2-1-4-14(13)16/h1-2,4-5,12,15,22H,3,6-11H2,(H2,20,25)(H,21,24). The molecule has 3 amide bonds. The maximum absolute atomic E-state index is 12.0. The van der Waals surface area contributed by atoms with Gasteiger partial charge in [-0.2, -0.15) is 0 Å². The lowest BCUT2D eigenvalue weighted by atomic mass is 10.1. The Hall–Kier alpha value is -2.83. The Morgan fingerprint density at radius 3 is 2.88 bits per heavy atom. The van der Waals surface area contributed by atoms with E-state index in [1.807, 2.05) is 30.5 Å². The van der Waals surface area contributed by atoms with Crippen LogP contribution in [0.5, 0.6) is 0 Å². The summed E-state index contributed by atoms with van der Waals surface area (Å²) < 4.78 is 0. The third-order valence-electron chi connectivity index (χ3n) is 4.86. The number of aryl methyl sites for hydroxylation is 1. The van der Waals surface area contributed by atoms with Crippen molar-refractivity contribution in [3.05, 3.63) is 36.0 Å². The average Bonchev–Trinajstić information content (AvgIpc) is 3.20. The highest BCUT2D eigenvalue weighted by molar-refractivity contribution is 6.00. The average molecular weight is 356 g/mol. The number of hydrogen-bond donors (Lipinski definition) is 3. The Balaban J connectivity index is 1.36. The quantitative estimate of drug-likeness (QED) is 0.484. The van der Waals surface area contributed by atoms with E-state index in [1.165, 1.54) is 0 Å². The van der Waals surface area contributed by atoms with Crippen molar-refractivity contribution >= 4 is 28.6 Å². The molecule has 0 aliphatic carbocycles. The number of nitrogens with two attached hydrogens (primary N) is 1. The largest absolute Gasteiger partial charge is 0.369 e. The summed E-state index contributed by atoms with van der Waals surface area (Å²) in [4.78, 5) is 40.0. The number of primary amides is 1. The Morgan fingerprint density at radius 1 is 1.31 bits per heavy atom. The first kappa shape index (κ1) is 18.0. The summed E-state index contributed by atoms with van der Waals surface area (Å²) in [6.07, 6.45) is 4.21. The van der Waals surface area contributed by atoms with Gasteiger partial charge in [0.25, 0.3) is 0 Å². The van der Waals surface area contributed by atoms with Crippen LogP contribution in [0.2, 0.25) is 0 Å². The van der Waals surface area contributed by atoms with E-state index < -0.39 is 11.8 Å². The number of aromatic nitrogens is 1. The SMILES string of the molecule is NC(=O)C1CCN(CCCNC(=O)CCc2c[nH]c3ccccc23)C1=O. The van der Waals surface area contributed by atoms with E-state index in [-0.39, 0.29) is 11.8 Å². The first-order valence-corrected chi connectivity index (χ1v) is 8.96. The fourth-order valence-electron chi connectivity index (χ4n) is 3.40. The molecule has 4 N–H and O–H groups in total. The molecule has 7 heteroatoms. The minimum absolute atomic E-state index is 0.00181. The van der Waals surface area contributed by atoms with Gasteiger partial charge in [-0.05, 0) is 30.9 Å². The van der Waals surface area contributed by atoms with Crippen molar-refractivity contribution in [3.8, 4) is 0 Å².